The van der Waals surface area contributed by atoms with Crippen molar-refractivity contribution < 1.29 is 23.9 Å². The highest BCUT2D eigenvalue weighted by Gasteiger charge is 2.41. The summed E-state index contributed by atoms with van der Waals surface area (Å²) >= 11 is 1.40. The van der Waals surface area contributed by atoms with Crippen LogP contribution in [0, 0.1) is 5.41 Å². The molecule has 3 aromatic rings. The van der Waals surface area contributed by atoms with E-state index in [1.54, 1.807) is 11.4 Å². The standard InChI is InChI=1S/C30H35N5O5S/c1-20(26-15-21(19-41-26)29(31)32)34-30(38)25-16-24(40-23-11-6-3-7-12-23)18-35(25)28(37)17-33-27(36)13-8-14-39-22-9-4-2-5-10-22/h2-7,9-12,15,19-20,24-25H,8,13-14,16-18H2,1H3,(H3,31,32)(H,33,36)(H,34,38)/t20?,24-,25+/m1/s1. The number of ether oxygens (including phenoxy) is 2. The molecule has 1 aromatic heterocycles. The first-order valence-corrected chi connectivity index (χ1v) is 14.4. The van der Waals surface area contributed by atoms with Crippen LogP contribution < -0.4 is 25.8 Å². The molecular weight excluding hydrogens is 542 g/mol. The number of para-hydroxylation sites is 2. The molecule has 0 aliphatic carbocycles. The van der Waals surface area contributed by atoms with Crippen LogP contribution in [-0.4, -0.2) is 60.3 Å². The average Bonchev–Trinajstić information content (AvgIpc) is 3.64. The molecule has 41 heavy (non-hydrogen) atoms. The topological polar surface area (TPSA) is 147 Å². The second kappa shape index (κ2) is 14.3. The zero-order valence-electron chi connectivity index (χ0n) is 22.9. The maximum absolute atomic E-state index is 13.4. The lowest BCUT2D eigenvalue weighted by atomic mass is 10.1. The molecule has 10 nitrogen and oxygen atoms in total. The first kappa shape index (κ1) is 29.6. The number of likely N-dealkylation sites (tertiary alicyclic amines) is 1. The van der Waals surface area contributed by atoms with Crippen molar-refractivity contribution in [2.45, 2.75) is 44.4 Å². The largest absolute Gasteiger partial charge is 0.494 e. The fourth-order valence-corrected chi connectivity index (χ4v) is 5.42. The Morgan fingerprint density at radius 2 is 1.78 bits per heavy atom. The molecule has 1 unspecified atom stereocenters. The molecule has 3 amide bonds. The van der Waals surface area contributed by atoms with Crippen molar-refractivity contribution in [3.05, 3.63) is 82.6 Å². The van der Waals surface area contributed by atoms with Crippen molar-refractivity contribution in [1.29, 1.82) is 5.41 Å². The maximum Gasteiger partial charge on any atom is 0.243 e. The molecule has 1 aliphatic rings. The molecule has 4 rings (SSSR count). The molecule has 3 atom stereocenters. The van der Waals surface area contributed by atoms with Gasteiger partial charge in [0, 0.05) is 28.7 Å². The number of hydrogen-bond acceptors (Lipinski definition) is 7. The monoisotopic (exact) mass is 577 g/mol. The van der Waals surface area contributed by atoms with Crippen LogP contribution in [-0.2, 0) is 14.4 Å². The first-order valence-electron chi connectivity index (χ1n) is 13.5. The Hall–Kier alpha value is -4.38. The number of amides is 3. The van der Waals surface area contributed by atoms with Gasteiger partial charge in [0.05, 0.1) is 25.7 Å². The van der Waals surface area contributed by atoms with Crippen LogP contribution in [0.1, 0.15) is 42.7 Å². The minimum atomic E-state index is -0.762. The number of hydrogen-bond donors (Lipinski definition) is 4. The van der Waals surface area contributed by atoms with Gasteiger partial charge in [0.25, 0.3) is 0 Å². The summed E-state index contributed by atoms with van der Waals surface area (Å²) in [6, 6.07) is 19.3. The number of nitrogens with zero attached hydrogens (tertiary/aromatic N) is 1. The van der Waals surface area contributed by atoms with Crippen LogP contribution in [0.3, 0.4) is 0 Å². The van der Waals surface area contributed by atoms with Crippen molar-refractivity contribution in [1.82, 2.24) is 15.5 Å². The number of nitrogen functional groups attached to an aromatic ring is 1. The Balaban J connectivity index is 1.33. The number of rotatable bonds is 13. The summed E-state index contributed by atoms with van der Waals surface area (Å²) in [6.45, 7) is 2.22. The number of carbonyl (C=O) groups is 3. The lowest BCUT2D eigenvalue weighted by Gasteiger charge is -2.25. The van der Waals surface area contributed by atoms with Gasteiger partial charge in [-0.3, -0.25) is 19.8 Å². The number of thiophene rings is 1. The van der Waals surface area contributed by atoms with E-state index in [1.807, 2.05) is 67.6 Å². The van der Waals surface area contributed by atoms with Gasteiger partial charge in [0.2, 0.25) is 17.7 Å². The van der Waals surface area contributed by atoms with Crippen molar-refractivity contribution in [3.8, 4) is 11.5 Å². The van der Waals surface area contributed by atoms with Gasteiger partial charge in [-0.25, -0.2) is 0 Å². The third-order valence-corrected chi connectivity index (χ3v) is 7.76. The maximum atomic E-state index is 13.4. The third kappa shape index (κ3) is 8.55. The van der Waals surface area contributed by atoms with Gasteiger partial charge in [0.1, 0.15) is 29.5 Å². The van der Waals surface area contributed by atoms with Gasteiger partial charge in [-0.2, -0.15) is 0 Å². The molecule has 11 heteroatoms. The van der Waals surface area contributed by atoms with Gasteiger partial charge >= 0.3 is 0 Å². The van der Waals surface area contributed by atoms with E-state index in [9.17, 15) is 14.4 Å². The second-order valence-corrected chi connectivity index (χ2v) is 10.7. The normalized spacial score (nSPS) is 17.0. The molecule has 0 saturated carbocycles. The van der Waals surface area contributed by atoms with Crippen LogP contribution in [0.15, 0.2) is 72.1 Å². The van der Waals surface area contributed by atoms with Gasteiger partial charge in [-0.1, -0.05) is 36.4 Å². The van der Waals surface area contributed by atoms with E-state index >= 15 is 0 Å². The van der Waals surface area contributed by atoms with Crippen LogP contribution in [0.2, 0.25) is 0 Å². The zero-order valence-corrected chi connectivity index (χ0v) is 23.7. The predicted octanol–water partition coefficient (Wildman–Crippen LogP) is 3.23. The van der Waals surface area contributed by atoms with Gasteiger partial charge in [-0.05, 0) is 43.7 Å². The first-order chi connectivity index (χ1) is 19.8. The highest BCUT2D eigenvalue weighted by Crippen LogP contribution is 2.26. The van der Waals surface area contributed by atoms with E-state index in [0.717, 1.165) is 10.6 Å². The number of nitrogens with one attached hydrogen (secondary N) is 3. The fourth-order valence-electron chi connectivity index (χ4n) is 4.50. The third-order valence-electron chi connectivity index (χ3n) is 6.64. The highest BCUT2D eigenvalue weighted by molar-refractivity contribution is 7.10. The molecule has 1 saturated heterocycles. The quantitative estimate of drug-likeness (QED) is 0.139. The van der Waals surface area contributed by atoms with E-state index in [-0.39, 0.29) is 55.2 Å². The molecule has 2 aromatic carbocycles. The van der Waals surface area contributed by atoms with Crippen molar-refractivity contribution in [3.63, 3.8) is 0 Å². The van der Waals surface area contributed by atoms with Crippen LogP contribution >= 0.6 is 11.3 Å². The fraction of sp³-hybridized carbons (Fsp3) is 0.333. The minimum absolute atomic E-state index is 0.0368. The molecule has 0 bridgehead atoms. The van der Waals surface area contributed by atoms with E-state index in [2.05, 4.69) is 10.6 Å². The molecular formula is C30H35N5O5S. The number of nitrogens with two attached hydrogens (primary N) is 1. The van der Waals surface area contributed by atoms with Gasteiger partial charge in [0.15, 0.2) is 0 Å². The van der Waals surface area contributed by atoms with E-state index < -0.39 is 6.04 Å². The average molecular weight is 578 g/mol. The number of carbonyl (C=O) groups excluding carboxylic acids is 3. The van der Waals surface area contributed by atoms with E-state index in [4.69, 9.17) is 20.6 Å². The molecule has 5 N–H and O–H groups in total. The van der Waals surface area contributed by atoms with Crippen molar-refractivity contribution >= 4 is 34.9 Å². The van der Waals surface area contributed by atoms with Crippen LogP contribution in [0.25, 0.3) is 0 Å². The predicted molar refractivity (Wildman–Crippen MR) is 157 cm³/mol. The Kier molecular flexibility index (Phi) is 10.3. The Bertz CT molecular complexity index is 1330. The minimum Gasteiger partial charge on any atom is -0.494 e. The Labute approximate surface area is 243 Å². The molecule has 0 spiro atoms. The van der Waals surface area contributed by atoms with Gasteiger partial charge in [-0.15, -0.1) is 11.3 Å². The molecule has 1 fully saturated rings. The summed E-state index contributed by atoms with van der Waals surface area (Å²) < 4.78 is 11.7. The summed E-state index contributed by atoms with van der Waals surface area (Å²) in [5.41, 5.74) is 6.17. The summed E-state index contributed by atoms with van der Waals surface area (Å²) in [7, 11) is 0. The summed E-state index contributed by atoms with van der Waals surface area (Å²) in [6.07, 6.45) is 0.643. The van der Waals surface area contributed by atoms with Crippen LogP contribution in [0.4, 0.5) is 0 Å². The highest BCUT2D eigenvalue weighted by atomic mass is 32.1. The van der Waals surface area contributed by atoms with Crippen molar-refractivity contribution in [2.75, 3.05) is 19.7 Å². The summed E-state index contributed by atoms with van der Waals surface area (Å²) in [5, 5.41) is 15.0. The van der Waals surface area contributed by atoms with Gasteiger partial charge < -0.3 is 30.7 Å². The van der Waals surface area contributed by atoms with E-state index in [0.29, 0.717) is 30.8 Å². The lowest BCUT2D eigenvalue weighted by Crippen LogP contribution is -2.49. The Morgan fingerprint density at radius 3 is 2.44 bits per heavy atom. The van der Waals surface area contributed by atoms with Crippen molar-refractivity contribution in [2.24, 2.45) is 5.73 Å². The molecule has 2 heterocycles. The number of benzene rings is 2. The molecule has 0 radical (unpaired) electrons. The molecule has 216 valence electrons. The van der Waals surface area contributed by atoms with E-state index in [1.165, 1.54) is 16.2 Å². The lowest BCUT2D eigenvalue weighted by molar-refractivity contribution is -0.139. The number of amidine groups is 1. The Morgan fingerprint density at radius 1 is 1.10 bits per heavy atom. The molecule has 1 aliphatic heterocycles. The smallest absolute Gasteiger partial charge is 0.243 e. The SMILES string of the molecule is CC(NC(=O)[C@@H]1C[C@@H](Oc2ccccc2)CN1C(=O)CNC(=O)CCCOc1ccccc1)c1cc(C(=N)N)cs1. The summed E-state index contributed by atoms with van der Waals surface area (Å²) in [4.78, 5) is 41.3. The second-order valence-electron chi connectivity index (χ2n) is 9.77. The van der Waals surface area contributed by atoms with Crippen LogP contribution in [0.5, 0.6) is 11.5 Å². The zero-order chi connectivity index (χ0) is 29.2. The summed E-state index contributed by atoms with van der Waals surface area (Å²) in [5.74, 6) is 0.417.